The molecule has 4 aromatic rings. The summed E-state index contributed by atoms with van der Waals surface area (Å²) in [6, 6.07) is 25.2. The first-order valence-electron chi connectivity index (χ1n) is 10.1. The van der Waals surface area contributed by atoms with Crippen LogP contribution in [0.15, 0.2) is 85.2 Å². The lowest BCUT2D eigenvalue weighted by molar-refractivity contribution is 0.340. The van der Waals surface area contributed by atoms with Crippen molar-refractivity contribution in [3.8, 4) is 16.9 Å². The minimum atomic E-state index is 0.658. The van der Waals surface area contributed by atoms with Gasteiger partial charge in [-0.25, -0.2) is 9.97 Å². The molecule has 4 rings (SSSR count). The molecular weight excluding hydrogens is 370 g/mol. The highest BCUT2D eigenvalue weighted by atomic mass is 16.5. The number of hydrogen-bond donors (Lipinski definition) is 0. The van der Waals surface area contributed by atoms with Crippen molar-refractivity contribution in [1.82, 2.24) is 9.97 Å². The molecule has 4 heteroatoms. The summed E-state index contributed by atoms with van der Waals surface area (Å²) in [6.45, 7) is 6.64. The van der Waals surface area contributed by atoms with Crippen LogP contribution >= 0.6 is 0 Å². The van der Waals surface area contributed by atoms with Crippen LogP contribution in [-0.2, 0) is 0 Å². The summed E-state index contributed by atoms with van der Waals surface area (Å²) < 4.78 is 5.61. The van der Waals surface area contributed by atoms with E-state index in [1.807, 2.05) is 38.4 Å². The van der Waals surface area contributed by atoms with Gasteiger partial charge < -0.3 is 9.64 Å². The molecule has 0 aliphatic carbocycles. The van der Waals surface area contributed by atoms with Gasteiger partial charge in [0.25, 0.3) is 0 Å². The van der Waals surface area contributed by atoms with Gasteiger partial charge in [0, 0.05) is 35.0 Å². The highest BCUT2D eigenvalue weighted by Gasteiger charge is 2.13. The van der Waals surface area contributed by atoms with E-state index in [1.54, 1.807) is 0 Å². The van der Waals surface area contributed by atoms with Crippen LogP contribution in [0.25, 0.3) is 11.1 Å². The summed E-state index contributed by atoms with van der Waals surface area (Å²) in [5, 5.41) is 0. The maximum atomic E-state index is 5.61. The van der Waals surface area contributed by atoms with Crippen molar-refractivity contribution in [2.24, 2.45) is 0 Å². The van der Waals surface area contributed by atoms with Gasteiger partial charge in [0.05, 0.1) is 6.61 Å². The number of rotatable bonds is 6. The zero-order valence-electron chi connectivity index (χ0n) is 17.5. The van der Waals surface area contributed by atoms with Crippen LogP contribution in [0.4, 0.5) is 17.1 Å². The topological polar surface area (TPSA) is 38.2 Å². The Balaban J connectivity index is 1.71. The van der Waals surface area contributed by atoms with E-state index in [2.05, 4.69) is 82.5 Å². The fraction of sp³-hybridized carbons (Fsp3) is 0.154. The average Bonchev–Trinajstić information content (AvgIpc) is 2.78. The molecule has 0 saturated carbocycles. The predicted molar refractivity (Wildman–Crippen MR) is 123 cm³/mol. The lowest BCUT2D eigenvalue weighted by atomic mass is 10.1. The van der Waals surface area contributed by atoms with Gasteiger partial charge in [0.1, 0.15) is 11.6 Å². The van der Waals surface area contributed by atoms with Crippen molar-refractivity contribution in [3.05, 3.63) is 96.6 Å². The SMILES string of the molecule is CCOc1ccc(N(c2ccc(C)cc2)c2ccc(-c3cnc(C)nc3)cc2)cc1. The van der Waals surface area contributed by atoms with Gasteiger partial charge in [0.2, 0.25) is 0 Å². The molecule has 0 aliphatic rings. The average molecular weight is 396 g/mol. The molecule has 0 saturated heterocycles. The minimum Gasteiger partial charge on any atom is -0.494 e. The van der Waals surface area contributed by atoms with Crippen LogP contribution in [0.2, 0.25) is 0 Å². The monoisotopic (exact) mass is 395 g/mol. The number of nitrogens with zero attached hydrogens (tertiary/aromatic N) is 3. The van der Waals surface area contributed by atoms with E-state index in [0.29, 0.717) is 6.61 Å². The van der Waals surface area contributed by atoms with Crippen LogP contribution in [0, 0.1) is 13.8 Å². The van der Waals surface area contributed by atoms with Gasteiger partial charge in [-0.3, -0.25) is 0 Å². The summed E-state index contributed by atoms with van der Waals surface area (Å²) in [6.07, 6.45) is 3.73. The molecule has 150 valence electrons. The van der Waals surface area contributed by atoms with Gasteiger partial charge >= 0.3 is 0 Å². The lowest BCUT2D eigenvalue weighted by Gasteiger charge is -2.26. The molecule has 1 heterocycles. The molecule has 0 amide bonds. The number of aryl methyl sites for hydroxylation is 2. The molecule has 1 aromatic heterocycles. The van der Waals surface area contributed by atoms with Gasteiger partial charge in [0.15, 0.2) is 0 Å². The first-order valence-corrected chi connectivity index (χ1v) is 10.1. The molecule has 0 radical (unpaired) electrons. The maximum absolute atomic E-state index is 5.61. The van der Waals surface area contributed by atoms with Gasteiger partial charge in [-0.05, 0) is 74.9 Å². The van der Waals surface area contributed by atoms with Gasteiger partial charge in [-0.15, -0.1) is 0 Å². The third kappa shape index (κ3) is 4.33. The van der Waals surface area contributed by atoms with Crippen molar-refractivity contribution < 1.29 is 4.74 Å². The summed E-state index contributed by atoms with van der Waals surface area (Å²) in [4.78, 5) is 10.9. The van der Waals surface area contributed by atoms with Crippen molar-refractivity contribution in [2.75, 3.05) is 11.5 Å². The zero-order chi connectivity index (χ0) is 20.9. The van der Waals surface area contributed by atoms with E-state index in [0.717, 1.165) is 39.8 Å². The van der Waals surface area contributed by atoms with Crippen molar-refractivity contribution in [2.45, 2.75) is 20.8 Å². The summed E-state index contributed by atoms with van der Waals surface area (Å²) >= 11 is 0. The summed E-state index contributed by atoms with van der Waals surface area (Å²) in [7, 11) is 0. The second-order valence-electron chi connectivity index (χ2n) is 7.16. The number of anilines is 3. The number of benzene rings is 3. The molecule has 0 aliphatic heterocycles. The predicted octanol–water partition coefficient (Wildman–Crippen LogP) is 6.63. The van der Waals surface area contributed by atoms with Crippen molar-refractivity contribution in [3.63, 3.8) is 0 Å². The Kier molecular flexibility index (Phi) is 5.75. The van der Waals surface area contributed by atoms with Gasteiger partial charge in [-0.2, -0.15) is 0 Å². The zero-order valence-corrected chi connectivity index (χ0v) is 17.5. The van der Waals surface area contributed by atoms with Crippen LogP contribution in [0.5, 0.6) is 5.75 Å². The largest absolute Gasteiger partial charge is 0.494 e. The second kappa shape index (κ2) is 8.78. The van der Waals surface area contributed by atoms with Crippen LogP contribution in [0.1, 0.15) is 18.3 Å². The first-order chi connectivity index (χ1) is 14.6. The summed E-state index contributed by atoms with van der Waals surface area (Å²) in [5.74, 6) is 1.65. The van der Waals surface area contributed by atoms with E-state index >= 15 is 0 Å². The number of ether oxygens (including phenoxy) is 1. The Morgan fingerprint density at radius 2 is 1.17 bits per heavy atom. The number of aromatic nitrogens is 2. The molecule has 0 N–H and O–H groups in total. The standard InChI is InChI=1S/C26H25N3O/c1-4-30-26-15-13-25(14-16-26)29(23-9-5-19(2)6-10-23)24-11-7-21(8-12-24)22-17-27-20(3)28-18-22/h5-18H,4H2,1-3H3. The van der Waals surface area contributed by atoms with Crippen molar-refractivity contribution in [1.29, 1.82) is 0 Å². The maximum Gasteiger partial charge on any atom is 0.125 e. The van der Waals surface area contributed by atoms with E-state index in [-0.39, 0.29) is 0 Å². The van der Waals surface area contributed by atoms with E-state index in [9.17, 15) is 0 Å². The van der Waals surface area contributed by atoms with Crippen LogP contribution in [0.3, 0.4) is 0 Å². The Morgan fingerprint density at radius 1 is 0.667 bits per heavy atom. The molecule has 3 aromatic carbocycles. The molecular formula is C26H25N3O. The Bertz CT molecular complexity index is 1090. The van der Waals surface area contributed by atoms with Crippen LogP contribution < -0.4 is 9.64 Å². The minimum absolute atomic E-state index is 0.658. The third-order valence-corrected chi connectivity index (χ3v) is 4.94. The van der Waals surface area contributed by atoms with E-state index < -0.39 is 0 Å². The summed E-state index contributed by atoms with van der Waals surface area (Å²) in [5.41, 5.74) is 6.61. The molecule has 0 atom stereocenters. The van der Waals surface area contributed by atoms with E-state index in [4.69, 9.17) is 4.74 Å². The second-order valence-corrected chi connectivity index (χ2v) is 7.16. The fourth-order valence-corrected chi connectivity index (χ4v) is 3.34. The molecule has 30 heavy (non-hydrogen) atoms. The molecule has 0 bridgehead atoms. The molecule has 4 nitrogen and oxygen atoms in total. The molecule has 0 fully saturated rings. The first kappa shape index (κ1) is 19.6. The van der Waals surface area contributed by atoms with Crippen molar-refractivity contribution >= 4 is 17.1 Å². The Labute approximate surface area is 177 Å². The highest BCUT2D eigenvalue weighted by Crippen LogP contribution is 2.36. The Hall–Kier alpha value is -3.66. The number of hydrogen-bond acceptors (Lipinski definition) is 4. The third-order valence-electron chi connectivity index (χ3n) is 4.94. The lowest BCUT2D eigenvalue weighted by Crippen LogP contribution is -2.09. The fourth-order valence-electron chi connectivity index (χ4n) is 3.34. The normalized spacial score (nSPS) is 10.6. The van der Waals surface area contributed by atoms with E-state index in [1.165, 1.54) is 5.56 Å². The van der Waals surface area contributed by atoms with Gasteiger partial charge in [-0.1, -0.05) is 29.8 Å². The Morgan fingerprint density at radius 3 is 1.70 bits per heavy atom. The quantitative estimate of drug-likeness (QED) is 0.367. The van der Waals surface area contributed by atoms with Crippen LogP contribution in [-0.4, -0.2) is 16.6 Å². The molecule has 0 spiro atoms. The smallest absolute Gasteiger partial charge is 0.125 e. The molecule has 0 unspecified atom stereocenters. The highest BCUT2D eigenvalue weighted by molar-refractivity contribution is 5.78.